The van der Waals surface area contributed by atoms with Gasteiger partial charge in [0.1, 0.15) is 5.41 Å². The molecule has 3 rings (SSSR count). The summed E-state index contributed by atoms with van der Waals surface area (Å²) in [5.74, 6) is -0.963. The van der Waals surface area contributed by atoms with Crippen molar-refractivity contribution in [2.24, 2.45) is 5.41 Å². The number of anilines is 3. The molecular weight excluding hydrogens is 358 g/mol. The first-order valence-electron chi connectivity index (χ1n) is 8.92. The number of nitrogens with one attached hydrogen (secondary N) is 3. The molecule has 2 aromatic carbocycles. The zero-order chi connectivity index (χ0) is 20.3. The molecule has 0 unspecified atom stereocenters. The molecule has 3 amide bonds. The lowest BCUT2D eigenvalue weighted by atomic mass is 10.0. The highest BCUT2D eigenvalue weighted by Crippen LogP contribution is 2.47. The van der Waals surface area contributed by atoms with Crippen LogP contribution in [0, 0.1) is 5.41 Å². The molecule has 0 heterocycles. The summed E-state index contributed by atoms with van der Waals surface area (Å²) < 4.78 is 0. The van der Waals surface area contributed by atoms with E-state index < -0.39 is 5.41 Å². The number of ketones is 1. The van der Waals surface area contributed by atoms with Gasteiger partial charge in [-0.25, -0.2) is 0 Å². The average molecular weight is 379 g/mol. The van der Waals surface area contributed by atoms with E-state index in [9.17, 15) is 19.2 Å². The topological polar surface area (TPSA) is 104 Å². The first-order chi connectivity index (χ1) is 13.3. The third-order valence-electron chi connectivity index (χ3n) is 4.63. The van der Waals surface area contributed by atoms with Crippen LogP contribution in [0.2, 0.25) is 0 Å². The fourth-order valence-electron chi connectivity index (χ4n) is 2.81. The Kier molecular flexibility index (Phi) is 5.26. The van der Waals surface area contributed by atoms with Crippen molar-refractivity contribution in [3.63, 3.8) is 0 Å². The molecule has 0 aliphatic heterocycles. The summed E-state index contributed by atoms with van der Waals surface area (Å²) in [6, 6.07) is 13.2. The fourth-order valence-corrected chi connectivity index (χ4v) is 2.81. The quantitative estimate of drug-likeness (QED) is 0.529. The van der Waals surface area contributed by atoms with Crippen LogP contribution >= 0.6 is 0 Å². The Balaban J connectivity index is 1.63. The Morgan fingerprint density at radius 3 is 1.43 bits per heavy atom. The van der Waals surface area contributed by atoms with E-state index in [0.717, 1.165) is 0 Å². The van der Waals surface area contributed by atoms with Crippen molar-refractivity contribution in [1.29, 1.82) is 0 Å². The van der Waals surface area contributed by atoms with Crippen LogP contribution in [0.4, 0.5) is 17.1 Å². The number of carbonyl (C=O) groups excluding carboxylic acids is 4. The Morgan fingerprint density at radius 1 is 0.679 bits per heavy atom. The van der Waals surface area contributed by atoms with Gasteiger partial charge in [0.05, 0.1) is 0 Å². The highest BCUT2D eigenvalue weighted by Gasteiger charge is 2.56. The maximum absolute atomic E-state index is 12.6. The third-order valence-corrected chi connectivity index (χ3v) is 4.63. The molecule has 0 bridgehead atoms. The minimum absolute atomic E-state index is 0.0551. The molecule has 1 saturated carbocycles. The molecule has 3 N–H and O–H groups in total. The minimum atomic E-state index is -1.09. The van der Waals surface area contributed by atoms with E-state index in [1.165, 1.54) is 13.8 Å². The molecular formula is C21H21N3O4. The molecule has 0 aromatic heterocycles. The lowest BCUT2D eigenvalue weighted by Gasteiger charge is -2.16. The van der Waals surface area contributed by atoms with Gasteiger partial charge in [-0.1, -0.05) is 0 Å². The lowest BCUT2D eigenvalue weighted by Crippen LogP contribution is -2.35. The number of carbonyl (C=O) groups is 4. The molecule has 1 aliphatic carbocycles. The predicted molar refractivity (Wildman–Crippen MR) is 106 cm³/mol. The number of benzene rings is 2. The monoisotopic (exact) mass is 379 g/mol. The van der Waals surface area contributed by atoms with Gasteiger partial charge in [-0.15, -0.1) is 0 Å². The summed E-state index contributed by atoms with van der Waals surface area (Å²) in [4.78, 5) is 47.7. The minimum Gasteiger partial charge on any atom is -0.326 e. The number of hydrogen-bond donors (Lipinski definition) is 3. The molecule has 0 spiro atoms. The van der Waals surface area contributed by atoms with Gasteiger partial charge in [-0.05, 0) is 68.3 Å². The smallest absolute Gasteiger partial charge is 0.240 e. The normalized spacial score (nSPS) is 13.9. The Labute approximate surface area is 162 Å². The predicted octanol–water partition coefficient (Wildman–Crippen LogP) is 3.21. The van der Waals surface area contributed by atoms with Crippen LogP contribution in [0.1, 0.15) is 37.0 Å². The van der Waals surface area contributed by atoms with Gasteiger partial charge in [0, 0.05) is 29.5 Å². The molecule has 7 nitrogen and oxygen atoms in total. The largest absolute Gasteiger partial charge is 0.326 e. The number of amides is 3. The van der Waals surface area contributed by atoms with Crippen LogP contribution in [0.3, 0.4) is 0 Å². The van der Waals surface area contributed by atoms with Crippen molar-refractivity contribution in [2.45, 2.75) is 26.7 Å². The van der Waals surface area contributed by atoms with Crippen LogP contribution < -0.4 is 16.0 Å². The Morgan fingerprint density at radius 2 is 1.07 bits per heavy atom. The molecule has 28 heavy (non-hydrogen) atoms. The SMILES string of the molecule is CC(=O)Nc1ccc(NC(=O)C2(C(=O)Nc3ccc(C(C)=O)cc3)CC2)cc1. The fraction of sp³-hybridized carbons (Fsp3) is 0.238. The van der Waals surface area contributed by atoms with Crippen molar-refractivity contribution in [1.82, 2.24) is 0 Å². The van der Waals surface area contributed by atoms with E-state index in [-0.39, 0.29) is 23.5 Å². The number of rotatable bonds is 6. The van der Waals surface area contributed by atoms with Crippen molar-refractivity contribution in [3.05, 3.63) is 54.1 Å². The van der Waals surface area contributed by atoms with Crippen LogP contribution in [-0.2, 0) is 14.4 Å². The second-order valence-electron chi connectivity index (χ2n) is 6.88. The van der Waals surface area contributed by atoms with Crippen LogP contribution in [0.25, 0.3) is 0 Å². The van der Waals surface area contributed by atoms with Gasteiger partial charge in [0.15, 0.2) is 5.78 Å². The lowest BCUT2D eigenvalue weighted by molar-refractivity contribution is -0.131. The first kappa shape index (κ1) is 19.3. The number of Topliss-reactive ketones (excluding diaryl/α,β-unsaturated/α-hetero) is 1. The molecule has 0 atom stereocenters. The molecule has 144 valence electrons. The van der Waals surface area contributed by atoms with Gasteiger partial charge in [-0.2, -0.15) is 0 Å². The Bertz CT molecular complexity index is 929. The second kappa shape index (κ2) is 7.64. The van der Waals surface area contributed by atoms with Gasteiger partial charge < -0.3 is 16.0 Å². The van der Waals surface area contributed by atoms with E-state index in [1.54, 1.807) is 48.5 Å². The van der Waals surface area contributed by atoms with Gasteiger partial charge in [0.2, 0.25) is 17.7 Å². The molecule has 1 fully saturated rings. The third kappa shape index (κ3) is 4.25. The van der Waals surface area contributed by atoms with E-state index >= 15 is 0 Å². The van der Waals surface area contributed by atoms with E-state index in [1.807, 2.05) is 0 Å². The molecule has 2 aromatic rings. The van der Waals surface area contributed by atoms with Crippen LogP contribution in [-0.4, -0.2) is 23.5 Å². The van der Waals surface area contributed by atoms with Crippen LogP contribution in [0.15, 0.2) is 48.5 Å². The first-order valence-corrected chi connectivity index (χ1v) is 8.92. The summed E-state index contributed by atoms with van der Waals surface area (Å²) in [5.41, 5.74) is 1.17. The van der Waals surface area contributed by atoms with Gasteiger partial charge in [-0.3, -0.25) is 19.2 Å². The maximum Gasteiger partial charge on any atom is 0.240 e. The van der Waals surface area contributed by atoms with Crippen molar-refractivity contribution >= 4 is 40.6 Å². The molecule has 1 aliphatic rings. The zero-order valence-electron chi connectivity index (χ0n) is 15.7. The summed E-state index contributed by atoms with van der Waals surface area (Å²) in [7, 11) is 0. The second-order valence-corrected chi connectivity index (χ2v) is 6.88. The summed E-state index contributed by atoms with van der Waals surface area (Å²) in [6.07, 6.45) is 0.945. The summed E-state index contributed by atoms with van der Waals surface area (Å²) in [5, 5.41) is 8.16. The molecule has 0 radical (unpaired) electrons. The maximum atomic E-state index is 12.6. The highest BCUT2D eigenvalue weighted by molar-refractivity contribution is 6.17. The summed E-state index contributed by atoms with van der Waals surface area (Å²) in [6.45, 7) is 2.89. The van der Waals surface area contributed by atoms with Gasteiger partial charge >= 0.3 is 0 Å². The van der Waals surface area contributed by atoms with Gasteiger partial charge in [0.25, 0.3) is 0 Å². The van der Waals surface area contributed by atoms with E-state index in [4.69, 9.17) is 0 Å². The van der Waals surface area contributed by atoms with E-state index in [2.05, 4.69) is 16.0 Å². The summed E-state index contributed by atoms with van der Waals surface area (Å²) >= 11 is 0. The van der Waals surface area contributed by atoms with Crippen molar-refractivity contribution in [2.75, 3.05) is 16.0 Å². The zero-order valence-corrected chi connectivity index (χ0v) is 15.7. The molecule has 7 heteroatoms. The number of hydrogen-bond acceptors (Lipinski definition) is 4. The van der Waals surface area contributed by atoms with Crippen LogP contribution in [0.5, 0.6) is 0 Å². The highest BCUT2D eigenvalue weighted by atomic mass is 16.2. The molecule has 0 saturated heterocycles. The average Bonchev–Trinajstić information content (AvgIpc) is 3.45. The Hall–Kier alpha value is -3.48. The standard InChI is InChI=1S/C21H21N3O4/c1-13(25)15-3-5-17(6-4-15)23-19(27)21(11-12-21)20(28)24-18-9-7-16(8-10-18)22-14(2)26/h3-10H,11-12H2,1-2H3,(H,22,26)(H,23,27)(H,24,28). The van der Waals surface area contributed by atoms with Crippen molar-refractivity contribution in [3.8, 4) is 0 Å². The van der Waals surface area contributed by atoms with Crippen molar-refractivity contribution < 1.29 is 19.2 Å². The van der Waals surface area contributed by atoms with E-state index in [0.29, 0.717) is 35.5 Å².